The number of hydrogen-bond donors (Lipinski definition) is 1. The minimum absolute atomic E-state index is 0.204. The first-order valence-corrected chi connectivity index (χ1v) is 8.85. The third kappa shape index (κ3) is 4.08. The Morgan fingerprint density at radius 3 is 2.74 bits per heavy atom. The molecule has 1 aliphatic heterocycles. The van der Waals surface area contributed by atoms with E-state index in [9.17, 15) is 23.1 Å². The number of methoxy groups -OCH3 is 1. The molecule has 0 amide bonds. The van der Waals surface area contributed by atoms with Gasteiger partial charge in [0.05, 0.1) is 18.4 Å². The monoisotopic (exact) mass is 341 g/mol. The van der Waals surface area contributed by atoms with Crippen LogP contribution in [0.5, 0.6) is 0 Å². The summed E-state index contributed by atoms with van der Waals surface area (Å²) in [6.07, 6.45) is 1.66. The van der Waals surface area contributed by atoms with Crippen LogP contribution in [-0.4, -0.2) is 49.5 Å². The zero-order valence-corrected chi connectivity index (χ0v) is 13.6. The summed E-state index contributed by atoms with van der Waals surface area (Å²) in [5.41, 5.74) is 0.677. The molecule has 2 rings (SSSR count). The first-order chi connectivity index (χ1) is 10.8. The normalized spacial score (nSPS) is 19.3. The van der Waals surface area contributed by atoms with Crippen LogP contribution >= 0.6 is 0 Å². The van der Waals surface area contributed by atoms with E-state index in [4.69, 9.17) is 0 Å². The van der Waals surface area contributed by atoms with Crippen molar-refractivity contribution in [1.29, 1.82) is 0 Å². The summed E-state index contributed by atoms with van der Waals surface area (Å²) in [4.78, 5) is 22.8. The maximum absolute atomic E-state index is 12.6. The zero-order valence-electron chi connectivity index (χ0n) is 12.8. The van der Waals surface area contributed by atoms with Gasteiger partial charge in [0, 0.05) is 6.54 Å². The highest BCUT2D eigenvalue weighted by Crippen LogP contribution is 2.23. The number of hydrogen-bond acceptors (Lipinski definition) is 5. The van der Waals surface area contributed by atoms with Gasteiger partial charge in [-0.3, -0.25) is 4.79 Å². The fourth-order valence-electron chi connectivity index (χ4n) is 2.68. The Hall–Kier alpha value is -1.93. The van der Waals surface area contributed by atoms with E-state index in [0.717, 1.165) is 4.31 Å². The SMILES string of the molecule is COC(=O)c1cccc(CS(=O)(=O)N2CCCCC2C(=O)O)c1. The van der Waals surface area contributed by atoms with Crippen molar-refractivity contribution in [2.24, 2.45) is 0 Å². The van der Waals surface area contributed by atoms with E-state index in [1.54, 1.807) is 12.1 Å². The molecule has 1 atom stereocenters. The van der Waals surface area contributed by atoms with E-state index >= 15 is 0 Å². The van der Waals surface area contributed by atoms with Gasteiger partial charge in [0.1, 0.15) is 6.04 Å². The molecule has 1 N–H and O–H groups in total. The van der Waals surface area contributed by atoms with Gasteiger partial charge >= 0.3 is 11.9 Å². The lowest BCUT2D eigenvalue weighted by molar-refractivity contribution is -0.142. The molecule has 0 bridgehead atoms. The van der Waals surface area contributed by atoms with Crippen LogP contribution in [0.1, 0.15) is 35.2 Å². The standard InChI is InChI=1S/C15H19NO6S/c1-22-15(19)12-6-4-5-11(9-12)10-23(20,21)16-8-3-2-7-13(16)14(17)18/h4-6,9,13H,2-3,7-8,10H2,1H3,(H,17,18). The molecule has 1 aromatic carbocycles. The van der Waals surface area contributed by atoms with Gasteiger partial charge in [-0.2, -0.15) is 4.31 Å². The molecule has 126 valence electrons. The second kappa shape index (κ2) is 7.10. The number of carbonyl (C=O) groups excluding carboxylic acids is 1. The molecule has 0 aliphatic carbocycles. The van der Waals surface area contributed by atoms with Gasteiger partial charge in [-0.25, -0.2) is 13.2 Å². The summed E-state index contributed by atoms with van der Waals surface area (Å²) in [5, 5.41) is 9.22. The number of aliphatic carboxylic acids is 1. The lowest BCUT2D eigenvalue weighted by atomic mass is 10.1. The highest BCUT2D eigenvalue weighted by atomic mass is 32.2. The summed E-state index contributed by atoms with van der Waals surface area (Å²) in [7, 11) is -2.53. The minimum Gasteiger partial charge on any atom is -0.480 e. The van der Waals surface area contributed by atoms with Gasteiger partial charge in [0.25, 0.3) is 0 Å². The molecule has 1 aliphatic rings. The quantitative estimate of drug-likeness (QED) is 0.809. The molecule has 1 heterocycles. The van der Waals surface area contributed by atoms with Gasteiger partial charge in [-0.1, -0.05) is 12.1 Å². The van der Waals surface area contributed by atoms with Crippen LogP contribution in [0.4, 0.5) is 0 Å². The second-order valence-electron chi connectivity index (χ2n) is 5.41. The average molecular weight is 341 g/mol. The second-order valence-corrected chi connectivity index (χ2v) is 7.33. The molecule has 1 unspecified atom stereocenters. The van der Waals surface area contributed by atoms with E-state index in [-0.39, 0.29) is 17.9 Å². The average Bonchev–Trinajstić information content (AvgIpc) is 2.54. The first kappa shape index (κ1) is 17.4. The number of rotatable bonds is 5. The van der Waals surface area contributed by atoms with Crippen molar-refractivity contribution < 1.29 is 27.9 Å². The summed E-state index contributed by atoms with van der Waals surface area (Å²) in [6.45, 7) is 0.204. The van der Waals surface area contributed by atoms with Crippen molar-refractivity contribution in [2.75, 3.05) is 13.7 Å². The summed E-state index contributed by atoms with van der Waals surface area (Å²) < 4.78 is 30.8. The van der Waals surface area contributed by atoms with E-state index in [1.807, 2.05) is 0 Å². The van der Waals surface area contributed by atoms with Crippen LogP contribution in [0.3, 0.4) is 0 Å². The number of piperidine rings is 1. The number of carboxylic acids is 1. The van der Waals surface area contributed by atoms with Crippen LogP contribution in [0.15, 0.2) is 24.3 Å². The summed E-state index contributed by atoms with van der Waals surface area (Å²) in [6, 6.07) is 5.12. The highest BCUT2D eigenvalue weighted by Gasteiger charge is 2.36. The molecule has 1 fully saturated rings. The van der Waals surface area contributed by atoms with Crippen molar-refractivity contribution in [1.82, 2.24) is 4.31 Å². The topological polar surface area (TPSA) is 101 Å². The Kier molecular flexibility index (Phi) is 5.38. The van der Waals surface area contributed by atoms with Crippen LogP contribution in [0.2, 0.25) is 0 Å². The predicted octanol–water partition coefficient (Wildman–Crippen LogP) is 1.24. The van der Waals surface area contributed by atoms with Crippen molar-refractivity contribution in [3.05, 3.63) is 35.4 Å². The third-order valence-corrected chi connectivity index (χ3v) is 5.64. The molecule has 0 radical (unpaired) electrons. The molecule has 7 nitrogen and oxygen atoms in total. The van der Waals surface area contributed by atoms with E-state index < -0.39 is 28.0 Å². The molecule has 1 saturated heterocycles. The first-order valence-electron chi connectivity index (χ1n) is 7.25. The fourth-order valence-corrected chi connectivity index (χ4v) is 4.44. The molecule has 23 heavy (non-hydrogen) atoms. The van der Waals surface area contributed by atoms with Crippen LogP contribution < -0.4 is 0 Å². The third-order valence-electron chi connectivity index (χ3n) is 3.79. The van der Waals surface area contributed by atoms with Crippen molar-refractivity contribution in [2.45, 2.75) is 31.1 Å². The number of esters is 1. The number of nitrogens with zero attached hydrogens (tertiary/aromatic N) is 1. The Morgan fingerprint density at radius 1 is 1.35 bits per heavy atom. The maximum atomic E-state index is 12.6. The fraction of sp³-hybridized carbons (Fsp3) is 0.467. The molecular weight excluding hydrogens is 322 g/mol. The van der Waals surface area contributed by atoms with Gasteiger partial charge in [0.15, 0.2) is 0 Å². The molecule has 0 saturated carbocycles. The smallest absolute Gasteiger partial charge is 0.337 e. The number of benzene rings is 1. The van der Waals surface area contributed by atoms with Crippen LogP contribution in [0.25, 0.3) is 0 Å². The van der Waals surface area contributed by atoms with E-state index in [2.05, 4.69) is 4.74 Å². The number of sulfonamides is 1. The van der Waals surface area contributed by atoms with Gasteiger partial charge in [-0.15, -0.1) is 0 Å². The zero-order chi connectivity index (χ0) is 17.0. The number of ether oxygens (including phenoxy) is 1. The molecule has 0 spiro atoms. The Morgan fingerprint density at radius 2 is 2.09 bits per heavy atom. The summed E-state index contributed by atoms with van der Waals surface area (Å²) >= 11 is 0. The van der Waals surface area contributed by atoms with Crippen molar-refractivity contribution >= 4 is 22.0 Å². The lowest BCUT2D eigenvalue weighted by Crippen LogP contribution is -2.48. The van der Waals surface area contributed by atoms with Crippen LogP contribution in [0, 0.1) is 0 Å². The Labute approximate surface area is 134 Å². The van der Waals surface area contributed by atoms with Gasteiger partial charge in [0.2, 0.25) is 10.0 Å². The summed E-state index contributed by atoms with van der Waals surface area (Å²) in [5.74, 6) is -2.02. The number of carbonyl (C=O) groups is 2. The molecule has 0 aromatic heterocycles. The lowest BCUT2D eigenvalue weighted by Gasteiger charge is -2.31. The maximum Gasteiger partial charge on any atom is 0.337 e. The molecular formula is C15H19NO6S. The number of carboxylic acid groups (broad SMARTS) is 1. The largest absolute Gasteiger partial charge is 0.480 e. The highest BCUT2D eigenvalue weighted by molar-refractivity contribution is 7.88. The predicted molar refractivity (Wildman–Crippen MR) is 82.4 cm³/mol. The van der Waals surface area contributed by atoms with Gasteiger partial charge < -0.3 is 9.84 Å². The Bertz CT molecular complexity index is 700. The minimum atomic E-state index is -3.78. The molecule has 8 heteroatoms. The van der Waals surface area contributed by atoms with Crippen LogP contribution in [-0.2, 0) is 25.3 Å². The van der Waals surface area contributed by atoms with E-state index in [1.165, 1.54) is 19.2 Å². The Balaban J connectivity index is 2.23. The van der Waals surface area contributed by atoms with Crippen molar-refractivity contribution in [3.8, 4) is 0 Å². The van der Waals surface area contributed by atoms with Gasteiger partial charge in [-0.05, 0) is 37.0 Å². The van der Waals surface area contributed by atoms with Crippen molar-refractivity contribution in [3.63, 3.8) is 0 Å². The molecule has 1 aromatic rings. The van der Waals surface area contributed by atoms with E-state index in [0.29, 0.717) is 24.8 Å².